The third kappa shape index (κ3) is 2.05. The van der Waals surface area contributed by atoms with Crippen LogP contribution in [0.2, 0.25) is 0 Å². The number of anilines is 2. The second-order valence-electron chi connectivity index (χ2n) is 6.50. The van der Waals surface area contributed by atoms with Gasteiger partial charge in [0.25, 0.3) is 0 Å². The molecule has 122 valence electrons. The average molecular weight is 322 g/mol. The predicted octanol–water partition coefficient (Wildman–Crippen LogP) is 1.31. The lowest BCUT2D eigenvalue weighted by Crippen LogP contribution is -2.38. The maximum atomic E-state index is 10.2. The molecule has 24 heavy (non-hydrogen) atoms. The maximum Gasteiger partial charge on any atom is 0.142 e. The Hall–Kier alpha value is -2.67. The van der Waals surface area contributed by atoms with Gasteiger partial charge in [-0.2, -0.15) is 0 Å². The third-order valence-electron chi connectivity index (χ3n) is 4.96. The molecule has 7 heteroatoms. The normalized spacial score (nSPS) is 23.2. The van der Waals surface area contributed by atoms with E-state index >= 15 is 0 Å². The highest BCUT2D eigenvalue weighted by Gasteiger charge is 2.37. The quantitative estimate of drug-likeness (QED) is 0.703. The number of aromatic amines is 1. The van der Waals surface area contributed by atoms with Crippen LogP contribution < -0.4 is 9.80 Å². The minimum absolute atomic E-state index is 0.236. The van der Waals surface area contributed by atoms with E-state index in [1.807, 2.05) is 24.5 Å². The molecule has 2 aliphatic heterocycles. The number of aliphatic hydroxyl groups is 1. The van der Waals surface area contributed by atoms with Crippen LogP contribution in [0.5, 0.6) is 0 Å². The fraction of sp³-hybridized carbons (Fsp3) is 0.353. The van der Waals surface area contributed by atoms with Gasteiger partial charge in [0.15, 0.2) is 0 Å². The highest BCUT2D eigenvalue weighted by Crippen LogP contribution is 2.34. The number of rotatable bonds is 1. The van der Waals surface area contributed by atoms with E-state index in [2.05, 4.69) is 35.8 Å². The number of aromatic nitrogens is 4. The summed E-state index contributed by atoms with van der Waals surface area (Å²) in [5.41, 5.74) is 2.01. The standard InChI is InChI=1S/C17H18N6O/c24-13-6-12-8-22(17-14-3-5-18-15(14)20-10-21-17)7-11-2-1-4-19-16(11)23(12)9-13/h1-5,10,12-13,24H,6-9H2,(H,18,20,21)/t12-,13+/m0/s1. The second kappa shape index (κ2) is 5.17. The molecule has 0 bridgehead atoms. The second-order valence-corrected chi connectivity index (χ2v) is 6.50. The van der Waals surface area contributed by atoms with Gasteiger partial charge in [0.1, 0.15) is 23.6 Å². The first kappa shape index (κ1) is 13.7. The van der Waals surface area contributed by atoms with Crippen molar-refractivity contribution in [3.05, 3.63) is 42.5 Å². The molecular formula is C17H18N6O. The zero-order chi connectivity index (χ0) is 16.1. The molecule has 2 aliphatic rings. The molecule has 1 saturated heterocycles. The molecule has 5 heterocycles. The number of nitrogens with zero attached hydrogens (tertiary/aromatic N) is 5. The molecule has 3 aromatic rings. The van der Waals surface area contributed by atoms with Crippen LogP contribution in [-0.2, 0) is 6.54 Å². The number of fused-ring (bicyclic) bond motifs is 4. The molecule has 7 nitrogen and oxygen atoms in total. The van der Waals surface area contributed by atoms with E-state index < -0.39 is 0 Å². The number of H-pyrrole nitrogens is 1. The number of pyridine rings is 1. The summed E-state index contributed by atoms with van der Waals surface area (Å²) in [6.07, 6.45) is 5.77. The van der Waals surface area contributed by atoms with Gasteiger partial charge in [-0.3, -0.25) is 0 Å². The summed E-state index contributed by atoms with van der Waals surface area (Å²) < 4.78 is 0. The SMILES string of the molecule is O[C@@H]1C[C@H]2CN(c3ncnc4[nH]ccc34)Cc3cccnc3N2C1. The Balaban J connectivity index is 1.62. The molecule has 1 fully saturated rings. The van der Waals surface area contributed by atoms with Gasteiger partial charge in [-0.05, 0) is 18.6 Å². The fourth-order valence-electron chi connectivity index (χ4n) is 3.93. The summed E-state index contributed by atoms with van der Waals surface area (Å²) in [5, 5.41) is 11.2. The van der Waals surface area contributed by atoms with E-state index in [0.29, 0.717) is 6.54 Å². The first-order valence-electron chi connectivity index (χ1n) is 8.21. The van der Waals surface area contributed by atoms with Crippen molar-refractivity contribution in [2.45, 2.75) is 25.1 Å². The Kier molecular flexibility index (Phi) is 2.96. The zero-order valence-electron chi connectivity index (χ0n) is 13.1. The Morgan fingerprint density at radius 3 is 3.04 bits per heavy atom. The van der Waals surface area contributed by atoms with Gasteiger partial charge in [0, 0.05) is 37.6 Å². The number of hydrogen-bond acceptors (Lipinski definition) is 6. The van der Waals surface area contributed by atoms with Crippen molar-refractivity contribution in [1.82, 2.24) is 19.9 Å². The highest BCUT2D eigenvalue weighted by atomic mass is 16.3. The maximum absolute atomic E-state index is 10.2. The Morgan fingerprint density at radius 1 is 1.12 bits per heavy atom. The number of aliphatic hydroxyl groups excluding tert-OH is 1. The molecule has 0 spiro atoms. The molecule has 0 amide bonds. The van der Waals surface area contributed by atoms with Gasteiger partial charge < -0.3 is 19.9 Å². The van der Waals surface area contributed by atoms with Gasteiger partial charge in [-0.15, -0.1) is 0 Å². The largest absolute Gasteiger partial charge is 0.391 e. The molecule has 5 rings (SSSR count). The zero-order valence-corrected chi connectivity index (χ0v) is 13.1. The number of nitrogens with one attached hydrogen (secondary N) is 1. The van der Waals surface area contributed by atoms with Crippen LogP contribution in [0.3, 0.4) is 0 Å². The van der Waals surface area contributed by atoms with Crippen molar-refractivity contribution in [2.75, 3.05) is 22.9 Å². The molecule has 0 aliphatic carbocycles. The first-order valence-corrected chi connectivity index (χ1v) is 8.21. The van der Waals surface area contributed by atoms with Crippen molar-refractivity contribution in [1.29, 1.82) is 0 Å². The van der Waals surface area contributed by atoms with Crippen molar-refractivity contribution < 1.29 is 5.11 Å². The van der Waals surface area contributed by atoms with Crippen molar-refractivity contribution in [2.24, 2.45) is 0 Å². The van der Waals surface area contributed by atoms with E-state index in [0.717, 1.165) is 47.7 Å². The van der Waals surface area contributed by atoms with Crippen LogP contribution in [0, 0.1) is 0 Å². The van der Waals surface area contributed by atoms with Crippen LogP contribution in [0.15, 0.2) is 36.9 Å². The molecule has 0 unspecified atom stereocenters. The molecule has 3 aromatic heterocycles. The lowest BCUT2D eigenvalue weighted by atomic mass is 10.2. The van der Waals surface area contributed by atoms with Gasteiger partial charge in [0.05, 0.1) is 17.5 Å². The summed E-state index contributed by atoms with van der Waals surface area (Å²) in [6, 6.07) is 6.33. The minimum atomic E-state index is -0.303. The van der Waals surface area contributed by atoms with E-state index in [4.69, 9.17) is 0 Å². The number of hydrogen-bond donors (Lipinski definition) is 2. The Morgan fingerprint density at radius 2 is 2.08 bits per heavy atom. The highest BCUT2D eigenvalue weighted by molar-refractivity contribution is 5.87. The van der Waals surface area contributed by atoms with Crippen LogP contribution in [0.25, 0.3) is 11.0 Å². The van der Waals surface area contributed by atoms with Gasteiger partial charge >= 0.3 is 0 Å². The van der Waals surface area contributed by atoms with Crippen LogP contribution >= 0.6 is 0 Å². The average Bonchev–Trinajstić information content (AvgIpc) is 3.18. The van der Waals surface area contributed by atoms with Gasteiger partial charge in [-0.1, -0.05) is 6.07 Å². The molecule has 2 N–H and O–H groups in total. The summed E-state index contributed by atoms with van der Waals surface area (Å²) in [7, 11) is 0. The molecule has 2 atom stereocenters. The lowest BCUT2D eigenvalue weighted by molar-refractivity contribution is 0.194. The molecule has 0 radical (unpaired) electrons. The van der Waals surface area contributed by atoms with E-state index in [9.17, 15) is 5.11 Å². The summed E-state index contributed by atoms with van der Waals surface area (Å²) >= 11 is 0. The summed E-state index contributed by atoms with van der Waals surface area (Å²) in [6.45, 7) is 2.21. The topological polar surface area (TPSA) is 81.2 Å². The summed E-state index contributed by atoms with van der Waals surface area (Å²) in [4.78, 5) is 21.1. The van der Waals surface area contributed by atoms with Crippen LogP contribution in [-0.4, -0.2) is 50.3 Å². The summed E-state index contributed by atoms with van der Waals surface area (Å²) in [5.74, 6) is 1.92. The first-order chi connectivity index (χ1) is 11.8. The monoisotopic (exact) mass is 322 g/mol. The third-order valence-corrected chi connectivity index (χ3v) is 4.96. The van der Waals surface area contributed by atoms with Crippen molar-refractivity contribution in [3.8, 4) is 0 Å². The molecule has 0 aromatic carbocycles. The lowest BCUT2D eigenvalue weighted by Gasteiger charge is -2.27. The van der Waals surface area contributed by atoms with E-state index in [1.54, 1.807) is 6.33 Å². The van der Waals surface area contributed by atoms with Crippen LogP contribution in [0.1, 0.15) is 12.0 Å². The van der Waals surface area contributed by atoms with Gasteiger partial charge in [-0.25, -0.2) is 15.0 Å². The minimum Gasteiger partial charge on any atom is -0.391 e. The van der Waals surface area contributed by atoms with E-state index in [1.165, 1.54) is 0 Å². The smallest absolute Gasteiger partial charge is 0.142 e. The fourth-order valence-corrected chi connectivity index (χ4v) is 3.93. The van der Waals surface area contributed by atoms with Crippen molar-refractivity contribution >= 4 is 22.7 Å². The van der Waals surface area contributed by atoms with Gasteiger partial charge in [0.2, 0.25) is 0 Å². The molecular weight excluding hydrogens is 304 g/mol. The predicted molar refractivity (Wildman–Crippen MR) is 90.9 cm³/mol. The van der Waals surface area contributed by atoms with Crippen molar-refractivity contribution in [3.63, 3.8) is 0 Å². The Labute approximate surface area is 139 Å². The molecule has 0 saturated carbocycles. The van der Waals surface area contributed by atoms with E-state index in [-0.39, 0.29) is 12.1 Å². The Bertz CT molecular complexity index is 893. The van der Waals surface area contributed by atoms with Crippen LogP contribution in [0.4, 0.5) is 11.6 Å².